The number of aromatic nitrogens is 3. The number of nitrogens with zero attached hydrogens (tertiary/aromatic N) is 2. The molecule has 72 valence electrons. The van der Waals surface area contributed by atoms with E-state index in [1.165, 1.54) is 0 Å². The van der Waals surface area contributed by atoms with Crippen LogP contribution in [0.3, 0.4) is 0 Å². The minimum atomic E-state index is -0.673. The maximum Gasteiger partial charge on any atom is 0.439 e. The van der Waals surface area contributed by atoms with E-state index in [-0.39, 0.29) is 10.8 Å². The van der Waals surface area contributed by atoms with Gasteiger partial charge >= 0.3 is 5.76 Å². The molecule has 0 saturated heterocycles. The number of carbonyl (C=O) groups excluding carboxylic acids is 1. The highest BCUT2D eigenvalue weighted by Crippen LogP contribution is 2.16. The van der Waals surface area contributed by atoms with Gasteiger partial charge in [-0.2, -0.15) is 0 Å². The smallest absolute Gasteiger partial charge is 0.364 e. The number of nitrogens with two attached hydrogens (primary N) is 1. The molecule has 0 saturated carbocycles. The second-order valence-electron chi connectivity index (χ2n) is 2.35. The first-order valence-corrected chi connectivity index (χ1v) is 4.36. The summed E-state index contributed by atoms with van der Waals surface area (Å²) in [5.41, 5.74) is 5.36. The third-order valence-electron chi connectivity index (χ3n) is 1.40. The first-order chi connectivity index (χ1) is 6.66. The number of amides is 1. The number of thiazole rings is 1. The number of primary amides is 1. The van der Waals surface area contributed by atoms with Crippen LogP contribution in [0.1, 0.15) is 9.80 Å². The summed E-state index contributed by atoms with van der Waals surface area (Å²) >= 11 is 1.07. The van der Waals surface area contributed by atoms with Crippen LogP contribution < -0.4 is 11.5 Å². The first kappa shape index (κ1) is 8.63. The van der Waals surface area contributed by atoms with Crippen LogP contribution in [0.25, 0.3) is 11.5 Å². The molecule has 0 radical (unpaired) electrons. The molecule has 2 rings (SSSR count). The molecule has 14 heavy (non-hydrogen) atoms. The Balaban J connectivity index is 2.43. The standard InChI is InChI=1S/C6H4N4O3S/c7-3(11)5-8-2(1-14-5)4-9-6(12)13-10-4/h1H,(H2,7,11)(H,9,10,12). The number of H-pyrrole nitrogens is 1. The van der Waals surface area contributed by atoms with Crippen LogP contribution in [0.15, 0.2) is 14.7 Å². The van der Waals surface area contributed by atoms with E-state index in [0.29, 0.717) is 5.69 Å². The summed E-state index contributed by atoms with van der Waals surface area (Å²) in [6.45, 7) is 0. The highest BCUT2D eigenvalue weighted by Gasteiger charge is 2.11. The average molecular weight is 212 g/mol. The predicted octanol–water partition coefficient (Wildman–Crippen LogP) is -0.415. The van der Waals surface area contributed by atoms with E-state index in [1.807, 2.05) is 0 Å². The van der Waals surface area contributed by atoms with E-state index in [9.17, 15) is 9.59 Å². The maximum absolute atomic E-state index is 10.7. The van der Waals surface area contributed by atoms with Gasteiger partial charge in [0.25, 0.3) is 5.91 Å². The molecular weight excluding hydrogens is 208 g/mol. The predicted molar refractivity (Wildman–Crippen MR) is 46.7 cm³/mol. The fourth-order valence-corrected chi connectivity index (χ4v) is 1.49. The van der Waals surface area contributed by atoms with Gasteiger partial charge in [0.2, 0.25) is 5.82 Å². The molecular formula is C6H4N4O3S. The maximum atomic E-state index is 10.7. The lowest BCUT2D eigenvalue weighted by Gasteiger charge is -1.84. The highest BCUT2D eigenvalue weighted by atomic mass is 32.1. The summed E-state index contributed by atoms with van der Waals surface area (Å²) in [6, 6.07) is 0. The molecule has 3 N–H and O–H groups in total. The van der Waals surface area contributed by atoms with Crippen molar-refractivity contribution in [1.29, 1.82) is 0 Å². The Labute approximate surface area is 80.6 Å². The highest BCUT2D eigenvalue weighted by molar-refractivity contribution is 7.12. The Hall–Kier alpha value is -1.96. The first-order valence-electron chi connectivity index (χ1n) is 3.48. The van der Waals surface area contributed by atoms with Crippen LogP contribution in [-0.2, 0) is 0 Å². The number of hydrogen-bond acceptors (Lipinski definition) is 6. The third-order valence-corrected chi connectivity index (χ3v) is 2.25. The molecule has 0 unspecified atom stereocenters. The molecule has 2 heterocycles. The van der Waals surface area contributed by atoms with Crippen LogP contribution in [0.2, 0.25) is 0 Å². The molecule has 0 aliphatic heterocycles. The van der Waals surface area contributed by atoms with Crippen LogP contribution in [-0.4, -0.2) is 21.0 Å². The van der Waals surface area contributed by atoms with E-state index < -0.39 is 11.7 Å². The molecule has 2 aromatic heterocycles. The van der Waals surface area contributed by atoms with Crippen molar-refractivity contribution in [2.75, 3.05) is 0 Å². The van der Waals surface area contributed by atoms with Crippen LogP contribution in [0.5, 0.6) is 0 Å². The third kappa shape index (κ3) is 1.42. The van der Waals surface area contributed by atoms with Crippen molar-refractivity contribution in [1.82, 2.24) is 15.1 Å². The van der Waals surface area contributed by atoms with Gasteiger partial charge in [-0.15, -0.1) is 11.3 Å². The van der Waals surface area contributed by atoms with Gasteiger partial charge in [-0.25, -0.2) is 9.78 Å². The van der Waals surface area contributed by atoms with E-state index in [2.05, 4.69) is 19.6 Å². The van der Waals surface area contributed by atoms with Gasteiger partial charge in [-0.1, -0.05) is 5.16 Å². The molecule has 0 bridgehead atoms. The zero-order chi connectivity index (χ0) is 10.1. The Morgan fingerprint density at radius 3 is 2.93 bits per heavy atom. The molecule has 0 aliphatic carbocycles. The molecule has 0 aliphatic rings. The van der Waals surface area contributed by atoms with Gasteiger partial charge in [0.15, 0.2) is 5.01 Å². The lowest BCUT2D eigenvalue weighted by atomic mass is 10.5. The lowest BCUT2D eigenvalue weighted by molar-refractivity contribution is 0.1000. The fraction of sp³-hybridized carbons (Fsp3) is 0. The number of hydrogen-bond donors (Lipinski definition) is 2. The molecule has 7 nitrogen and oxygen atoms in total. The fourth-order valence-electron chi connectivity index (χ4n) is 0.836. The average Bonchev–Trinajstić information content (AvgIpc) is 2.70. The summed E-state index contributed by atoms with van der Waals surface area (Å²) in [5, 5.41) is 5.11. The summed E-state index contributed by atoms with van der Waals surface area (Å²) in [4.78, 5) is 27.5. The Kier molecular flexibility index (Phi) is 1.89. The summed E-state index contributed by atoms with van der Waals surface area (Å²) in [7, 11) is 0. The van der Waals surface area contributed by atoms with Crippen molar-refractivity contribution in [2.24, 2.45) is 5.73 Å². The Morgan fingerprint density at radius 2 is 2.43 bits per heavy atom. The van der Waals surface area contributed by atoms with Gasteiger partial charge in [0.1, 0.15) is 5.69 Å². The minimum Gasteiger partial charge on any atom is -0.364 e. The molecule has 8 heteroatoms. The van der Waals surface area contributed by atoms with Gasteiger partial charge in [-0.3, -0.25) is 14.3 Å². The van der Waals surface area contributed by atoms with Crippen molar-refractivity contribution in [3.8, 4) is 11.5 Å². The zero-order valence-corrected chi connectivity index (χ0v) is 7.50. The van der Waals surface area contributed by atoms with Crippen molar-refractivity contribution < 1.29 is 9.32 Å². The van der Waals surface area contributed by atoms with E-state index in [1.54, 1.807) is 5.38 Å². The quantitative estimate of drug-likeness (QED) is 0.701. The summed E-state index contributed by atoms with van der Waals surface area (Å²) < 4.78 is 4.28. The second kappa shape index (κ2) is 3.07. The van der Waals surface area contributed by atoms with E-state index in [4.69, 9.17) is 5.73 Å². The number of carbonyl (C=O) groups is 1. The lowest BCUT2D eigenvalue weighted by Crippen LogP contribution is -2.10. The number of rotatable bonds is 2. The molecule has 0 atom stereocenters. The van der Waals surface area contributed by atoms with Gasteiger partial charge in [0, 0.05) is 5.38 Å². The summed E-state index contributed by atoms with van der Waals surface area (Å²) in [5.74, 6) is -1.11. The normalized spacial score (nSPS) is 10.3. The van der Waals surface area contributed by atoms with Crippen molar-refractivity contribution >= 4 is 17.2 Å². The second-order valence-corrected chi connectivity index (χ2v) is 3.20. The molecule has 0 aromatic carbocycles. The van der Waals surface area contributed by atoms with Gasteiger partial charge < -0.3 is 5.73 Å². The number of aromatic amines is 1. The topological polar surface area (TPSA) is 115 Å². The summed E-state index contributed by atoms with van der Waals surface area (Å²) in [6.07, 6.45) is 0. The van der Waals surface area contributed by atoms with Crippen LogP contribution in [0, 0.1) is 0 Å². The monoisotopic (exact) mass is 212 g/mol. The van der Waals surface area contributed by atoms with Gasteiger partial charge in [-0.05, 0) is 0 Å². The Morgan fingerprint density at radius 1 is 1.64 bits per heavy atom. The molecule has 0 spiro atoms. The minimum absolute atomic E-state index is 0.156. The van der Waals surface area contributed by atoms with Crippen LogP contribution >= 0.6 is 11.3 Å². The number of nitrogens with one attached hydrogen (secondary N) is 1. The molecule has 2 aromatic rings. The molecule has 1 amide bonds. The SMILES string of the molecule is NC(=O)c1nc(-c2noc(=O)[nH]2)cs1. The largest absolute Gasteiger partial charge is 0.439 e. The van der Waals surface area contributed by atoms with Crippen LogP contribution in [0.4, 0.5) is 0 Å². The van der Waals surface area contributed by atoms with E-state index >= 15 is 0 Å². The van der Waals surface area contributed by atoms with Crippen molar-refractivity contribution in [2.45, 2.75) is 0 Å². The zero-order valence-electron chi connectivity index (χ0n) is 6.68. The van der Waals surface area contributed by atoms with Crippen molar-refractivity contribution in [3.05, 3.63) is 20.9 Å². The Bertz CT molecular complexity index is 525. The van der Waals surface area contributed by atoms with E-state index in [0.717, 1.165) is 11.3 Å². The van der Waals surface area contributed by atoms with Gasteiger partial charge in [0.05, 0.1) is 0 Å². The van der Waals surface area contributed by atoms with Crippen molar-refractivity contribution in [3.63, 3.8) is 0 Å². The molecule has 0 fully saturated rings.